The highest BCUT2D eigenvalue weighted by molar-refractivity contribution is 5.78. The maximum Gasteiger partial charge on any atom is 0.119 e. The number of aldehydes is 1. The molecule has 11 heavy (non-hydrogen) atoms. The molecular weight excluding hydrogens is 140 g/mol. The zero-order chi connectivity index (χ0) is 8.53. The van der Waals surface area contributed by atoms with Gasteiger partial charge in [0.05, 0.1) is 5.84 Å². The molecular formula is C8H16N2O. The highest BCUT2D eigenvalue weighted by atomic mass is 16.1. The fourth-order valence-electron chi connectivity index (χ4n) is 0.717. The van der Waals surface area contributed by atoms with Crippen molar-refractivity contribution in [3.8, 4) is 0 Å². The van der Waals surface area contributed by atoms with Gasteiger partial charge < -0.3 is 10.1 Å². The third-order valence-corrected chi connectivity index (χ3v) is 1.44. The van der Waals surface area contributed by atoms with Crippen LogP contribution in [0.5, 0.6) is 0 Å². The van der Waals surface area contributed by atoms with Crippen molar-refractivity contribution in [3.63, 3.8) is 0 Å². The molecule has 0 amide bonds. The van der Waals surface area contributed by atoms with Crippen LogP contribution in [0.15, 0.2) is 0 Å². The fourth-order valence-corrected chi connectivity index (χ4v) is 0.717. The van der Waals surface area contributed by atoms with Crippen molar-refractivity contribution >= 4 is 12.1 Å². The Kier molecular flexibility index (Phi) is 6.68. The standard InChI is InChI=1S/C8H16N2O/c1-2-8(9)10-6-4-3-5-7-11/h7H,2-6H2,1H3,(H2,9,10). The molecule has 0 unspecified atom stereocenters. The largest absolute Gasteiger partial charge is 0.374 e. The monoisotopic (exact) mass is 156 g/mol. The van der Waals surface area contributed by atoms with Crippen LogP contribution in [-0.4, -0.2) is 18.7 Å². The zero-order valence-corrected chi connectivity index (χ0v) is 7.02. The molecule has 0 spiro atoms. The third kappa shape index (κ3) is 7.03. The van der Waals surface area contributed by atoms with Crippen LogP contribution in [0.4, 0.5) is 0 Å². The number of carbonyl (C=O) groups is 1. The first-order valence-corrected chi connectivity index (χ1v) is 4.06. The van der Waals surface area contributed by atoms with Gasteiger partial charge in [0.25, 0.3) is 0 Å². The molecule has 0 aliphatic heterocycles. The van der Waals surface area contributed by atoms with Crippen LogP contribution in [0, 0.1) is 5.41 Å². The molecule has 2 N–H and O–H groups in total. The molecule has 0 fully saturated rings. The summed E-state index contributed by atoms with van der Waals surface area (Å²) in [5.74, 6) is 0.580. The van der Waals surface area contributed by atoms with Crippen LogP contribution in [-0.2, 0) is 4.79 Å². The molecule has 0 saturated heterocycles. The van der Waals surface area contributed by atoms with Gasteiger partial charge >= 0.3 is 0 Å². The molecule has 0 aromatic carbocycles. The molecule has 0 aromatic rings. The summed E-state index contributed by atoms with van der Waals surface area (Å²) in [4.78, 5) is 9.90. The predicted octanol–water partition coefficient (Wildman–Crippen LogP) is 1.33. The number of hydrogen-bond acceptors (Lipinski definition) is 2. The van der Waals surface area contributed by atoms with E-state index < -0.39 is 0 Å². The minimum atomic E-state index is 0.580. The molecule has 3 nitrogen and oxygen atoms in total. The molecule has 0 aliphatic carbocycles. The fraction of sp³-hybridized carbons (Fsp3) is 0.750. The van der Waals surface area contributed by atoms with Gasteiger partial charge in [-0.15, -0.1) is 0 Å². The summed E-state index contributed by atoms with van der Waals surface area (Å²) in [6.45, 7) is 2.77. The first-order valence-electron chi connectivity index (χ1n) is 4.06. The van der Waals surface area contributed by atoms with Crippen molar-refractivity contribution in [3.05, 3.63) is 0 Å². The lowest BCUT2D eigenvalue weighted by Crippen LogP contribution is -2.22. The SMILES string of the molecule is CCC(=N)NCCCCC=O. The number of nitrogens with one attached hydrogen (secondary N) is 2. The molecule has 64 valence electrons. The van der Waals surface area contributed by atoms with Gasteiger partial charge in [0.15, 0.2) is 0 Å². The van der Waals surface area contributed by atoms with Crippen LogP contribution >= 0.6 is 0 Å². The van der Waals surface area contributed by atoms with Crippen molar-refractivity contribution in [2.24, 2.45) is 0 Å². The van der Waals surface area contributed by atoms with Gasteiger partial charge in [-0.05, 0) is 12.8 Å². The second kappa shape index (κ2) is 7.25. The summed E-state index contributed by atoms with van der Waals surface area (Å²) in [5.41, 5.74) is 0. The lowest BCUT2D eigenvalue weighted by molar-refractivity contribution is -0.107. The smallest absolute Gasteiger partial charge is 0.119 e. The van der Waals surface area contributed by atoms with Gasteiger partial charge in [-0.3, -0.25) is 5.41 Å². The Hall–Kier alpha value is -0.860. The Morgan fingerprint density at radius 3 is 2.82 bits per heavy atom. The number of amidine groups is 1. The number of hydrogen-bond donors (Lipinski definition) is 2. The molecule has 0 saturated carbocycles. The van der Waals surface area contributed by atoms with Crippen molar-refractivity contribution < 1.29 is 4.79 Å². The second-order valence-electron chi connectivity index (χ2n) is 2.42. The van der Waals surface area contributed by atoms with E-state index in [0.29, 0.717) is 12.3 Å². The highest BCUT2D eigenvalue weighted by Crippen LogP contribution is 1.90. The molecule has 0 aromatic heterocycles. The Bertz CT molecular complexity index is 123. The van der Waals surface area contributed by atoms with Crippen molar-refractivity contribution in [1.82, 2.24) is 5.32 Å². The third-order valence-electron chi connectivity index (χ3n) is 1.44. The first kappa shape index (κ1) is 10.1. The summed E-state index contributed by atoms with van der Waals surface area (Å²) in [5, 5.41) is 10.2. The Labute approximate surface area is 67.7 Å². The average molecular weight is 156 g/mol. The summed E-state index contributed by atoms with van der Waals surface area (Å²) >= 11 is 0. The van der Waals surface area contributed by atoms with E-state index in [1.54, 1.807) is 0 Å². The molecule has 3 heteroatoms. The van der Waals surface area contributed by atoms with E-state index in [0.717, 1.165) is 32.1 Å². The second-order valence-corrected chi connectivity index (χ2v) is 2.42. The maximum atomic E-state index is 9.90. The summed E-state index contributed by atoms with van der Waals surface area (Å²) in [6.07, 6.45) is 4.23. The van der Waals surface area contributed by atoms with Crippen LogP contribution in [0.3, 0.4) is 0 Å². The van der Waals surface area contributed by atoms with Gasteiger partial charge in [0.1, 0.15) is 6.29 Å². The average Bonchev–Trinajstić information content (AvgIpc) is 2.04. The predicted molar refractivity (Wildman–Crippen MR) is 45.9 cm³/mol. The van der Waals surface area contributed by atoms with Crippen molar-refractivity contribution in [2.45, 2.75) is 32.6 Å². The van der Waals surface area contributed by atoms with Crippen LogP contribution in [0.1, 0.15) is 32.6 Å². The normalized spacial score (nSPS) is 9.18. The van der Waals surface area contributed by atoms with Gasteiger partial charge in [0, 0.05) is 19.4 Å². The van der Waals surface area contributed by atoms with Gasteiger partial charge in [-0.25, -0.2) is 0 Å². The van der Waals surface area contributed by atoms with E-state index in [4.69, 9.17) is 5.41 Å². The van der Waals surface area contributed by atoms with E-state index in [2.05, 4.69) is 5.32 Å². The number of unbranched alkanes of at least 4 members (excludes halogenated alkanes) is 2. The molecule has 0 bridgehead atoms. The quantitative estimate of drug-likeness (QED) is 0.264. The Morgan fingerprint density at radius 2 is 2.27 bits per heavy atom. The van der Waals surface area contributed by atoms with E-state index in [-0.39, 0.29) is 0 Å². The van der Waals surface area contributed by atoms with Crippen LogP contribution < -0.4 is 5.32 Å². The van der Waals surface area contributed by atoms with Crippen LogP contribution in [0.25, 0.3) is 0 Å². The molecule has 0 rings (SSSR count). The molecule has 0 aliphatic rings. The highest BCUT2D eigenvalue weighted by Gasteiger charge is 1.90. The maximum absolute atomic E-state index is 9.90. The lowest BCUT2D eigenvalue weighted by Gasteiger charge is -2.03. The Balaban J connectivity index is 3.01. The molecule has 0 atom stereocenters. The zero-order valence-electron chi connectivity index (χ0n) is 7.02. The van der Waals surface area contributed by atoms with Crippen LogP contribution in [0.2, 0.25) is 0 Å². The molecule has 0 heterocycles. The van der Waals surface area contributed by atoms with Crippen molar-refractivity contribution in [2.75, 3.05) is 6.54 Å². The van der Waals surface area contributed by atoms with E-state index in [9.17, 15) is 4.79 Å². The lowest BCUT2D eigenvalue weighted by atomic mass is 10.2. The first-order chi connectivity index (χ1) is 5.31. The summed E-state index contributed by atoms with van der Waals surface area (Å²) < 4.78 is 0. The van der Waals surface area contributed by atoms with Gasteiger partial charge in [-0.1, -0.05) is 6.92 Å². The Morgan fingerprint density at radius 1 is 1.55 bits per heavy atom. The van der Waals surface area contributed by atoms with Gasteiger partial charge in [0.2, 0.25) is 0 Å². The summed E-state index contributed by atoms with van der Waals surface area (Å²) in [6, 6.07) is 0. The van der Waals surface area contributed by atoms with E-state index in [1.807, 2.05) is 6.92 Å². The van der Waals surface area contributed by atoms with E-state index in [1.165, 1.54) is 0 Å². The minimum absolute atomic E-state index is 0.580. The van der Waals surface area contributed by atoms with Gasteiger partial charge in [-0.2, -0.15) is 0 Å². The number of rotatable bonds is 6. The van der Waals surface area contributed by atoms with Crippen molar-refractivity contribution in [1.29, 1.82) is 5.41 Å². The number of carbonyl (C=O) groups excluding carboxylic acids is 1. The minimum Gasteiger partial charge on any atom is -0.374 e. The van der Waals surface area contributed by atoms with E-state index >= 15 is 0 Å². The molecule has 0 radical (unpaired) electrons. The topological polar surface area (TPSA) is 53.0 Å². The summed E-state index contributed by atoms with van der Waals surface area (Å²) in [7, 11) is 0.